The molecule has 172 valence electrons. The lowest BCUT2D eigenvalue weighted by molar-refractivity contribution is -0.122. The normalized spacial score (nSPS) is 15.0. The number of hydrogen-bond donors (Lipinski definition) is 1. The van der Waals surface area contributed by atoms with E-state index in [1.165, 1.54) is 18.2 Å². The Balaban J connectivity index is 1.59. The van der Waals surface area contributed by atoms with Crippen LogP contribution in [0.2, 0.25) is 0 Å². The number of nitrogens with zero attached hydrogens (tertiary/aromatic N) is 1. The topological polar surface area (TPSA) is 75.7 Å². The first-order valence-corrected chi connectivity index (χ1v) is 11.2. The van der Waals surface area contributed by atoms with Gasteiger partial charge in [0.25, 0.3) is 11.8 Å². The molecular formula is C26H20BrFN2O4. The maximum Gasteiger partial charge on any atom is 0.335 e. The summed E-state index contributed by atoms with van der Waals surface area (Å²) in [7, 11) is 0. The molecule has 3 aromatic carbocycles. The van der Waals surface area contributed by atoms with Crippen LogP contribution >= 0.6 is 15.9 Å². The highest BCUT2D eigenvalue weighted by atomic mass is 79.9. The summed E-state index contributed by atoms with van der Waals surface area (Å²) in [6.07, 6.45) is 1.42. The first-order chi connectivity index (χ1) is 16.2. The Bertz CT molecular complexity index is 1350. The van der Waals surface area contributed by atoms with E-state index in [2.05, 4.69) is 21.2 Å². The number of aryl methyl sites for hydroxylation is 2. The van der Waals surface area contributed by atoms with E-state index in [0.29, 0.717) is 27.0 Å². The number of imide groups is 2. The lowest BCUT2D eigenvalue weighted by atomic mass is 10.0. The zero-order valence-corrected chi connectivity index (χ0v) is 20.0. The number of benzene rings is 3. The highest BCUT2D eigenvalue weighted by Crippen LogP contribution is 2.30. The molecule has 4 rings (SSSR count). The smallest absolute Gasteiger partial charge is 0.335 e. The lowest BCUT2D eigenvalue weighted by Crippen LogP contribution is -2.54. The number of amides is 4. The van der Waals surface area contributed by atoms with E-state index >= 15 is 0 Å². The van der Waals surface area contributed by atoms with Crippen molar-refractivity contribution >= 4 is 45.5 Å². The molecule has 8 heteroatoms. The monoisotopic (exact) mass is 522 g/mol. The van der Waals surface area contributed by atoms with Crippen molar-refractivity contribution in [2.45, 2.75) is 20.5 Å². The summed E-state index contributed by atoms with van der Waals surface area (Å²) in [5.74, 6) is -1.30. The van der Waals surface area contributed by atoms with Gasteiger partial charge < -0.3 is 4.74 Å². The molecule has 1 aliphatic rings. The minimum absolute atomic E-state index is 0.166. The average molecular weight is 523 g/mol. The zero-order chi connectivity index (χ0) is 24.4. The third-order valence-electron chi connectivity index (χ3n) is 5.26. The summed E-state index contributed by atoms with van der Waals surface area (Å²) < 4.78 is 19.7. The summed E-state index contributed by atoms with van der Waals surface area (Å²) in [5, 5.41) is 2.24. The van der Waals surface area contributed by atoms with Crippen LogP contribution in [0.15, 0.2) is 70.7 Å². The first kappa shape index (κ1) is 23.4. The van der Waals surface area contributed by atoms with Crippen molar-refractivity contribution in [2.75, 3.05) is 4.90 Å². The van der Waals surface area contributed by atoms with Gasteiger partial charge >= 0.3 is 6.03 Å². The number of nitrogens with one attached hydrogen (secondary N) is 1. The number of carbonyl (C=O) groups excluding carboxylic acids is 3. The van der Waals surface area contributed by atoms with E-state index in [1.54, 1.807) is 43.3 Å². The summed E-state index contributed by atoms with van der Waals surface area (Å²) in [6, 6.07) is 15.8. The molecule has 3 aromatic rings. The van der Waals surface area contributed by atoms with Crippen LogP contribution in [0.3, 0.4) is 0 Å². The fraction of sp³-hybridized carbons (Fsp3) is 0.115. The van der Waals surface area contributed by atoms with E-state index < -0.39 is 17.8 Å². The fourth-order valence-electron chi connectivity index (χ4n) is 3.52. The number of rotatable bonds is 5. The molecule has 34 heavy (non-hydrogen) atoms. The molecule has 0 aliphatic carbocycles. The van der Waals surface area contributed by atoms with Crippen LogP contribution in [0, 0.1) is 19.7 Å². The van der Waals surface area contributed by atoms with Gasteiger partial charge in [0.1, 0.15) is 23.7 Å². The third kappa shape index (κ3) is 4.92. The van der Waals surface area contributed by atoms with Gasteiger partial charge in [0.15, 0.2) is 0 Å². The minimum Gasteiger partial charge on any atom is -0.488 e. The summed E-state index contributed by atoms with van der Waals surface area (Å²) >= 11 is 3.43. The number of anilines is 1. The van der Waals surface area contributed by atoms with Crippen LogP contribution in [-0.4, -0.2) is 17.8 Å². The number of barbiturate groups is 1. The van der Waals surface area contributed by atoms with Crippen molar-refractivity contribution in [3.63, 3.8) is 0 Å². The second kappa shape index (κ2) is 9.61. The standard InChI is InChI=1S/C26H20BrFN2O4/c1-15-6-7-16(2)22(10-15)30-25(32)20(24(31)29-26(30)33)12-17-8-9-23(21(27)13-17)34-14-18-4-3-5-19(28)11-18/h3-13H,14H2,1-2H3,(H,29,31,33)/b20-12+. The molecule has 0 bridgehead atoms. The predicted octanol–water partition coefficient (Wildman–Crippen LogP) is 5.45. The van der Waals surface area contributed by atoms with Gasteiger partial charge in [0.05, 0.1) is 10.2 Å². The molecule has 0 unspecified atom stereocenters. The van der Waals surface area contributed by atoms with Crippen molar-refractivity contribution in [1.82, 2.24) is 5.32 Å². The molecule has 1 fully saturated rings. The fourth-order valence-corrected chi connectivity index (χ4v) is 4.03. The van der Waals surface area contributed by atoms with Crippen LogP contribution in [0.1, 0.15) is 22.3 Å². The van der Waals surface area contributed by atoms with E-state index in [9.17, 15) is 18.8 Å². The highest BCUT2D eigenvalue weighted by Gasteiger charge is 2.37. The maximum atomic E-state index is 13.4. The molecule has 1 heterocycles. The summed E-state index contributed by atoms with van der Waals surface area (Å²) in [4.78, 5) is 39.1. The molecule has 1 aliphatic heterocycles. The average Bonchev–Trinajstić information content (AvgIpc) is 2.78. The number of ether oxygens (including phenoxy) is 1. The van der Waals surface area contributed by atoms with Crippen LogP contribution in [0.4, 0.5) is 14.9 Å². The molecule has 0 radical (unpaired) electrons. The van der Waals surface area contributed by atoms with Gasteiger partial charge in [-0.1, -0.05) is 30.3 Å². The van der Waals surface area contributed by atoms with Crippen LogP contribution < -0.4 is 15.0 Å². The Morgan fingerprint density at radius 3 is 2.56 bits per heavy atom. The van der Waals surface area contributed by atoms with Gasteiger partial charge in [-0.3, -0.25) is 14.9 Å². The lowest BCUT2D eigenvalue weighted by Gasteiger charge is -2.27. The molecular weight excluding hydrogens is 503 g/mol. The van der Waals surface area contributed by atoms with Crippen LogP contribution in [0.5, 0.6) is 5.75 Å². The Kier molecular flexibility index (Phi) is 6.61. The second-order valence-electron chi connectivity index (χ2n) is 7.86. The Morgan fingerprint density at radius 2 is 1.82 bits per heavy atom. The number of hydrogen-bond acceptors (Lipinski definition) is 4. The number of carbonyl (C=O) groups is 3. The maximum absolute atomic E-state index is 13.4. The predicted molar refractivity (Wildman–Crippen MR) is 130 cm³/mol. The molecule has 0 aromatic heterocycles. The first-order valence-electron chi connectivity index (χ1n) is 10.4. The van der Waals surface area contributed by atoms with E-state index in [1.807, 2.05) is 19.1 Å². The molecule has 6 nitrogen and oxygen atoms in total. The Morgan fingerprint density at radius 1 is 1.03 bits per heavy atom. The van der Waals surface area contributed by atoms with Gasteiger partial charge in [-0.05, 0) is 88.4 Å². The van der Waals surface area contributed by atoms with Gasteiger partial charge in [0.2, 0.25) is 0 Å². The second-order valence-corrected chi connectivity index (χ2v) is 8.71. The molecule has 0 saturated carbocycles. The van der Waals surface area contributed by atoms with Gasteiger partial charge in [0, 0.05) is 0 Å². The van der Waals surface area contributed by atoms with Crippen molar-refractivity contribution in [3.8, 4) is 5.75 Å². The van der Waals surface area contributed by atoms with Crippen molar-refractivity contribution in [3.05, 3.63) is 98.8 Å². The quantitative estimate of drug-likeness (QED) is 0.357. The van der Waals surface area contributed by atoms with Crippen molar-refractivity contribution in [2.24, 2.45) is 0 Å². The van der Waals surface area contributed by atoms with Crippen LogP contribution in [-0.2, 0) is 16.2 Å². The van der Waals surface area contributed by atoms with Crippen molar-refractivity contribution < 1.29 is 23.5 Å². The Labute approximate surface area is 204 Å². The van der Waals surface area contributed by atoms with E-state index in [-0.39, 0.29) is 18.0 Å². The SMILES string of the molecule is Cc1ccc(C)c(N2C(=O)NC(=O)/C(=C\c3ccc(OCc4cccc(F)c4)c(Br)c3)C2=O)c1. The minimum atomic E-state index is -0.789. The molecule has 1 saturated heterocycles. The Hall–Kier alpha value is -3.78. The summed E-state index contributed by atoms with van der Waals surface area (Å²) in [6.45, 7) is 3.81. The summed E-state index contributed by atoms with van der Waals surface area (Å²) in [5.41, 5.74) is 3.09. The largest absolute Gasteiger partial charge is 0.488 e. The molecule has 0 atom stereocenters. The molecule has 0 spiro atoms. The third-order valence-corrected chi connectivity index (χ3v) is 5.88. The molecule has 4 amide bonds. The highest BCUT2D eigenvalue weighted by molar-refractivity contribution is 9.10. The van der Waals surface area contributed by atoms with Gasteiger partial charge in [-0.25, -0.2) is 14.1 Å². The zero-order valence-electron chi connectivity index (χ0n) is 18.4. The van der Waals surface area contributed by atoms with Gasteiger partial charge in [-0.2, -0.15) is 0 Å². The number of halogens is 2. The van der Waals surface area contributed by atoms with E-state index in [4.69, 9.17) is 4.74 Å². The van der Waals surface area contributed by atoms with Crippen LogP contribution in [0.25, 0.3) is 6.08 Å². The molecule has 1 N–H and O–H groups in total. The van der Waals surface area contributed by atoms with E-state index in [0.717, 1.165) is 16.0 Å². The number of urea groups is 1. The van der Waals surface area contributed by atoms with Gasteiger partial charge in [-0.15, -0.1) is 0 Å². The van der Waals surface area contributed by atoms with Crippen molar-refractivity contribution in [1.29, 1.82) is 0 Å².